The monoisotopic (exact) mass is 517 g/mol. The van der Waals surface area contributed by atoms with E-state index in [9.17, 15) is 4.79 Å². The van der Waals surface area contributed by atoms with E-state index in [-0.39, 0.29) is 23.7 Å². The van der Waals surface area contributed by atoms with E-state index in [1.54, 1.807) is 18.4 Å². The Morgan fingerprint density at radius 1 is 1.14 bits per heavy atom. The number of hydrogen-bond acceptors (Lipinski definition) is 6. The number of amides is 1. The topological polar surface area (TPSA) is 54.9 Å². The van der Waals surface area contributed by atoms with E-state index < -0.39 is 0 Å². The molecular weight excluding hydrogens is 482 g/mol. The van der Waals surface area contributed by atoms with Crippen LogP contribution in [0.15, 0.2) is 36.4 Å². The van der Waals surface area contributed by atoms with Gasteiger partial charge in [0.2, 0.25) is 0 Å². The van der Waals surface area contributed by atoms with Crippen molar-refractivity contribution in [3.63, 3.8) is 0 Å². The first kappa shape index (κ1) is 27.4. The largest absolute Gasteiger partial charge is 0.494 e. The third-order valence-corrected chi connectivity index (χ3v) is 7.56. The molecule has 1 aromatic heterocycles. The zero-order valence-electron chi connectivity index (χ0n) is 21.3. The maximum atomic E-state index is 13.7. The maximum Gasteiger partial charge on any atom is 0.260 e. The van der Waals surface area contributed by atoms with E-state index >= 15 is 0 Å². The van der Waals surface area contributed by atoms with Crippen LogP contribution in [-0.2, 0) is 10.2 Å². The lowest BCUT2D eigenvalue weighted by atomic mass is 9.86. The minimum Gasteiger partial charge on any atom is -0.494 e. The van der Waals surface area contributed by atoms with Crippen molar-refractivity contribution in [2.75, 3.05) is 51.4 Å². The Bertz CT molecular complexity index is 1140. The van der Waals surface area contributed by atoms with Crippen molar-refractivity contribution in [1.82, 2.24) is 9.88 Å². The standard InChI is InChI=1S/C27H35N3O3S.ClH/c1-19-7-12-22(32-5)23-24(19)34-26(28-23)30(14-6-13-29-15-17-33-18-16-29)25(31)20-8-10-21(11-9-20)27(2,3)4;/h7-12H,6,13-18H2,1-5H3;1H. The molecule has 1 saturated heterocycles. The third kappa shape index (κ3) is 6.33. The minimum absolute atomic E-state index is 0. The maximum absolute atomic E-state index is 13.7. The predicted molar refractivity (Wildman–Crippen MR) is 147 cm³/mol. The molecule has 35 heavy (non-hydrogen) atoms. The Kier molecular flexibility index (Phi) is 9.16. The lowest BCUT2D eigenvalue weighted by Gasteiger charge is -2.28. The molecule has 0 unspecified atom stereocenters. The molecule has 3 aromatic rings. The number of hydrogen-bond donors (Lipinski definition) is 0. The molecule has 2 aromatic carbocycles. The van der Waals surface area contributed by atoms with Crippen LogP contribution in [0.3, 0.4) is 0 Å². The molecule has 0 atom stereocenters. The fourth-order valence-electron chi connectivity index (χ4n) is 4.21. The fraction of sp³-hybridized carbons (Fsp3) is 0.481. The highest BCUT2D eigenvalue weighted by Crippen LogP contribution is 2.37. The van der Waals surface area contributed by atoms with Crippen LogP contribution >= 0.6 is 23.7 Å². The zero-order chi connectivity index (χ0) is 24.3. The molecule has 190 valence electrons. The summed E-state index contributed by atoms with van der Waals surface area (Å²) in [5, 5.41) is 0.717. The highest BCUT2D eigenvalue weighted by molar-refractivity contribution is 7.22. The first-order chi connectivity index (χ1) is 16.3. The van der Waals surface area contributed by atoms with Crippen LogP contribution in [0.5, 0.6) is 5.75 Å². The summed E-state index contributed by atoms with van der Waals surface area (Å²) in [6.45, 7) is 13.6. The van der Waals surface area contributed by atoms with Gasteiger partial charge in [-0.25, -0.2) is 4.98 Å². The zero-order valence-corrected chi connectivity index (χ0v) is 22.9. The van der Waals surface area contributed by atoms with Gasteiger partial charge in [0.05, 0.1) is 25.0 Å². The van der Waals surface area contributed by atoms with E-state index in [4.69, 9.17) is 14.5 Å². The highest BCUT2D eigenvalue weighted by Gasteiger charge is 2.24. The van der Waals surface area contributed by atoms with E-state index in [0.29, 0.717) is 12.1 Å². The lowest BCUT2D eigenvalue weighted by molar-refractivity contribution is 0.0376. The second-order valence-corrected chi connectivity index (χ2v) is 10.8. The van der Waals surface area contributed by atoms with Crippen LogP contribution in [-0.4, -0.2) is 62.3 Å². The average molecular weight is 518 g/mol. The quantitative estimate of drug-likeness (QED) is 0.402. The van der Waals surface area contributed by atoms with Crippen molar-refractivity contribution >= 4 is 45.0 Å². The summed E-state index contributed by atoms with van der Waals surface area (Å²) in [6, 6.07) is 12.0. The summed E-state index contributed by atoms with van der Waals surface area (Å²) in [7, 11) is 1.66. The molecule has 0 aliphatic carbocycles. The average Bonchev–Trinajstić information content (AvgIpc) is 3.28. The van der Waals surface area contributed by atoms with E-state index in [0.717, 1.165) is 65.9 Å². The molecule has 1 aliphatic rings. The Balaban J connectivity index is 0.00000342. The molecule has 1 fully saturated rings. The molecule has 4 rings (SSSR count). The van der Waals surface area contributed by atoms with Crippen molar-refractivity contribution in [2.45, 2.75) is 39.5 Å². The highest BCUT2D eigenvalue weighted by atomic mass is 35.5. The number of halogens is 1. The fourth-order valence-corrected chi connectivity index (χ4v) is 5.28. The molecule has 0 saturated carbocycles. The number of morpholine rings is 1. The van der Waals surface area contributed by atoms with Gasteiger partial charge in [-0.1, -0.05) is 50.3 Å². The van der Waals surface area contributed by atoms with E-state index in [2.05, 4.69) is 44.7 Å². The van der Waals surface area contributed by atoms with Crippen molar-refractivity contribution in [3.05, 3.63) is 53.1 Å². The number of anilines is 1. The summed E-state index contributed by atoms with van der Waals surface area (Å²) >= 11 is 1.56. The number of methoxy groups -OCH3 is 1. The molecule has 2 heterocycles. The number of benzene rings is 2. The Morgan fingerprint density at radius 3 is 2.46 bits per heavy atom. The molecular formula is C27H36ClN3O3S. The van der Waals surface area contributed by atoms with Crippen molar-refractivity contribution in [1.29, 1.82) is 0 Å². The third-order valence-electron chi connectivity index (χ3n) is 6.35. The van der Waals surface area contributed by atoms with Crippen LogP contribution in [0.1, 0.15) is 48.7 Å². The van der Waals surface area contributed by atoms with Crippen molar-refractivity contribution in [2.24, 2.45) is 0 Å². The van der Waals surface area contributed by atoms with E-state index in [1.807, 2.05) is 29.2 Å². The van der Waals surface area contributed by atoms with Crippen LogP contribution in [0, 0.1) is 6.92 Å². The number of carbonyl (C=O) groups excluding carboxylic acids is 1. The summed E-state index contributed by atoms with van der Waals surface area (Å²) in [4.78, 5) is 22.9. The number of nitrogens with zero attached hydrogens (tertiary/aromatic N) is 3. The van der Waals surface area contributed by atoms with Gasteiger partial charge >= 0.3 is 0 Å². The summed E-state index contributed by atoms with van der Waals surface area (Å²) in [5.74, 6) is 0.719. The van der Waals surface area contributed by atoms with Gasteiger partial charge in [0, 0.05) is 31.7 Å². The molecule has 1 aliphatic heterocycles. The van der Waals surface area contributed by atoms with Gasteiger partial charge in [0.1, 0.15) is 11.3 Å². The first-order valence-electron chi connectivity index (χ1n) is 11.9. The summed E-state index contributed by atoms with van der Waals surface area (Å²) in [6.07, 6.45) is 0.873. The van der Waals surface area contributed by atoms with Gasteiger partial charge in [-0.15, -0.1) is 12.4 Å². The number of carbonyl (C=O) groups is 1. The van der Waals surface area contributed by atoms with Gasteiger partial charge in [-0.05, 0) is 48.1 Å². The Labute approximate surface area is 218 Å². The predicted octanol–water partition coefficient (Wildman–Crippen LogP) is 5.70. The number of fused-ring (bicyclic) bond motifs is 1. The lowest BCUT2D eigenvalue weighted by Crippen LogP contribution is -2.39. The second kappa shape index (κ2) is 11.7. The number of ether oxygens (including phenoxy) is 2. The molecule has 6 nitrogen and oxygen atoms in total. The van der Waals surface area contributed by atoms with Gasteiger partial charge in [-0.3, -0.25) is 14.6 Å². The summed E-state index contributed by atoms with van der Waals surface area (Å²) in [5.41, 5.74) is 3.89. The van der Waals surface area contributed by atoms with Gasteiger partial charge in [-0.2, -0.15) is 0 Å². The van der Waals surface area contributed by atoms with Gasteiger partial charge in [0.25, 0.3) is 5.91 Å². The second-order valence-electron chi connectivity index (χ2n) is 9.85. The minimum atomic E-state index is -0.0156. The number of aryl methyl sites for hydroxylation is 1. The van der Waals surface area contributed by atoms with Crippen molar-refractivity contribution in [3.8, 4) is 5.75 Å². The van der Waals surface area contributed by atoms with E-state index in [1.165, 1.54) is 5.56 Å². The SMILES string of the molecule is COc1ccc(C)c2sc(N(CCCN3CCOCC3)C(=O)c3ccc(C(C)(C)C)cc3)nc12.Cl. The van der Waals surface area contributed by atoms with Crippen LogP contribution < -0.4 is 9.64 Å². The Morgan fingerprint density at radius 2 is 1.83 bits per heavy atom. The van der Waals surface area contributed by atoms with Crippen LogP contribution in [0.2, 0.25) is 0 Å². The smallest absolute Gasteiger partial charge is 0.260 e. The van der Waals surface area contributed by atoms with Crippen LogP contribution in [0.25, 0.3) is 10.2 Å². The molecule has 8 heteroatoms. The molecule has 0 bridgehead atoms. The van der Waals surface area contributed by atoms with Gasteiger partial charge in [0.15, 0.2) is 5.13 Å². The molecule has 0 spiro atoms. The molecule has 0 radical (unpaired) electrons. The first-order valence-corrected chi connectivity index (χ1v) is 12.8. The number of aromatic nitrogens is 1. The normalized spacial score (nSPS) is 14.5. The number of thiazole rings is 1. The summed E-state index contributed by atoms with van der Waals surface area (Å²) < 4.78 is 12.1. The number of rotatable bonds is 7. The van der Waals surface area contributed by atoms with Gasteiger partial charge < -0.3 is 9.47 Å². The molecule has 1 amide bonds. The molecule has 0 N–H and O–H groups in total. The Hall–Kier alpha value is -2.19. The van der Waals surface area contributed by atoms with Crippen molar-refractivity contribution < 1.29 is 14.3 Å². The van der Waals surface area contributed by atoms with Crippen LogP contribution in [0.4, 0.5) is 5.13 Å².